The van der Waals surface area contributed by atoms with Gasteiger partial charge in [-0.3, -0.25) is 4.79 Å². The van der Waals surface area contributed by atoms with E-state index in [9.17, 15) is 9.90 Å². The molecule has 4 heteroatoms. The van der Waals surface area contributed by atoms with Crippen molar-refractivity contribution >= 4 is 5.91 Å². The molecule has 0 aromatic heterocycles. The number of hydrogen-bond donors (Lipinski definition) is 3. The van der Waals surface area contributed by atoms with E-state index in [2.05, 4.69) is 0 Å². The van der Waals surface area contributed by atoms with E-state index in [1.54, 1.807) is 6.92 Å². The molecule has 0 fully saturated rings. The highest BCUT2D eigenvalue weighted by Crippen LogP contribution is 2.16. The Kier molecular flexibility index (Phi) is 3.02. The Morgan fingerprint density at radius 2 is 1.91 bits per heavy atom. The largest absolute Gasteiger partial charge is 0.381 e. The van der Waals surface area contributed by atoms with Crippen molar-refractivity contribution in [3.63, 3.8) is 0 Å². The summed E-state index contributed by atoms with van der Waals surface area (Å²) in [5, 5.41) is 9.23. The molecule has 0 radical (unpaired) electrons. The van der Waals surface area contributed by atoms with Crippen LogP contribution in [-0.4, -0.2) is 22.7 Å². The molecule has 0 aliphatic carbocycles. The third kappa shape index (κ3) is 2.17. The summed E-state index contributed by atoms with van der Waals surface area (Å²) in [6.07, 6.45) is -1.28. The van der Waals surface area contributed by atoms with Gasteiger partial charge < -0.3 is 16.6 Å². The van der Waals surface area contributed by atoms with Crippen LogP contribution in [0.3, 0.4) is 0 Å². The van der Waals surface area contributed by atoms with Gasteiger partial charge in [-0.05, 0) is 12.8 Å². The molecule has 66 valence electrons. The molecule has 0 bridgehead atoms. The molecule has 0 aliphatic rings. The lowest BCUT2D eigenvalue weighted by Gasteiger charge is -2.32. The molecule has 2 unspecified atom stereocenters. The van der Waals surface area contributed by atoms with Gasteiger partial charge in [0.15, 0.2) is 0 Å². The molecule has 1 amide bonds. The maximum atomic E-state index is 10.5. The van der Waals surface area contributed by atoms with Crippen molar-refractivity contribution in [3.8, 4) is 0 Å². The monoisotopic (exact) mass is 160 g/mol. The summed E-state index contributed by atoms with van der Waals surface area (Å²) in [5.41, 5.74) is 9.61. The quantitative estimate of drug-likeness (QED) is 0.505. The molecule has 0 rings (SSSR count). The van der Waals surface area contributed by atoms with Gasteiger partial charge in [0, 0.05) is 0 Å². The van der Waals surface area contributed by atoms with Crippen LogP contribution < -0.4 is 11.5 Å². The van der Waals surface area contributed by atoms with Crippen molar-refractivity contribution in [2.75, 3.05) is 0 Å². The van der Waals surface area contributed by atoms with Crippen LogP contribution in [0, 0.1) is 5.92 Å². The van der Waals surface area contributed by atoms with Crippen molar-refractivity contribution in [1.82, 2.24) is 0 Å². The van der Waals surface area contributed by atoms with Gasteiger partial charge in [-0.1, -0.05) is 13.8 Å². The van der Waals surface area contributed by atoms with Crippen LogP contribution in [0.15, 0.2) is 0 Å². The van der Waals surface area contributed by atoms with Gasteiger partial charge in [0.2, 0.25) is 5.91 Å². The van der Waals surface area contributed by atoms with Crippen LogP contribution >= 0.6 is 0 Å². The maximum absolute atomic E-state index is 10.5. The normalized spacial score (nSPS) is 19.5. The van der Waals surface area contributed by atoms with Crippen LogP contribution in [0.4, 0.5) is 0 Å². The van der Waals surface area contributed by atoms with Gasteiger partial charge in [-0.25, -0.2) is 0 Å². The lowest BCUT2D eigenvalue weighted by atomic mass is 9.84. The van der Waals surface area contributed by atoms with E-state index < -0.39 is 17.6 Å². The predicted octanol–water partition coefficient (Wildman–Crippen LogP) is -0.794. The average molecular weight is 160 g/mol. The molecule has 2 atom stereocenters. The standard InChI is InChI=1S/C7H16N2O2/c1-4(2)7(3,9)5(10)6(8)11/h4-5,10H,9H2,1-3H3,(H2,8,11). The predicted molar refractivity (Wildman–Crippen MR) is 42.6 cm³/mol. The Labute approximate surface area is 66.6 Å². The van der Waals surface area contributed by atoms with Crippen molar-refractivity contribution in [1.29, 1.82) is 0 Å². The van der Waals surface area contributed by atoms with Crippen LogP contribution in [-0.2, 0) is 4.79 Å². The Morgan fingerprint density at radius 1 is 1.55 bits per heavy atom. The number of aliphatic hydroxyl groups is 1. The summed E-state index contributed by atoms with van der Waals surface area (Å²) in [5.74, 6) is -0.770. The highest BCUT2D eigenvalue weighted by Gasteiger charge is 2.35. The summed E-state index contributed by atoms with van der Waals surface area (Å²) in [6.45, 7) is 5.26. The molecule has 0 spiro atoms. The van der Waals surface area contributed by atoms with Crippen molar-refractivity contribution in [2.24, 2.45) is 17.4 Å². The van der Waals surface area contributed by atoms with Gasteiger partial charge in [0.1, 0.15) is 6.10 Å². The number of hydrogen-bond acceptors (Lipinski definition) is 3. The molecule has 0 aliphatic heterocycles. The molecule has 0 heterocycles. The zero-order valence-corrected chi connectivity index (χ0v) is 7.16. The molecule has 11 heavy (non-hydrogen) atoms. The van der Waals surface area contributed by atoms with Gasteiger partial charge in [-0.2, -0.15) is 0 Å². The number of aliphatic hydroxyl groups excluding tert-OH is 1. The third-order valence-electron chi connectivity index (χ3n) is 2.10. The average Bonchev–Trinajstić information content (AvgIpc) is 1.85. The van der Waals surface area contributed by atoms with E-state index in [0.29, 0.717) is 0 Å². The summed E-state index contributed by atoms with van der Waals surface area (Å²) in [6, 6.07) is 0. The molecule has 0 saturated heterocycles. The van der Waals surface area contributed by atoms with Crippen LogP contribution in [0.25, 0.3) is 0 Å². The maximum Gasteiger partial charge on any atom is 0.248 e. The molecule has 0 aromatic rings. The zero-order valence-electron chi connectivity index (χ0n) is 7.16. The number of carbonyl (C=O) groups is 1. The Bertz CT molecular complexity index is 155. The first-order valence-corrected chi connectivity index (χ1v) is 3.56. The molecule has 5 N–H and O–H groups in total. The van der Waals surface area contributed by atoms with Crippen LogP contribution in [0.2, 0.25) is 0 Å². The summed E-state index contributed by atoms with van der Waals surface area (Å²) >= 11 is 0. The molecule has 4 nitrogen and oxygen atoms in total. The fraction of sp³-hybridized carbons (Fsp3) is 0.857. The summed E-state index contributed by atoms with van der Waals surface area (Å²) in [4.78, 5) is 10.5. The third-order valence-corrected chi connectivity index (χ3v) is 2.10. The first-order chi connectivity index (χ1) is 4.80. The number of primary amides is 1. The highest BCUT2D eigenvalue weighted by atomic mass is 16.3. The fourth-order valence-corrected chi connectivity index (χ4v) is 0.622. The first-order valence-electron chi connectivity index (χ1n) is 3.56. The molecular formula is C7H16N2O2. The number of carbonyl (C=O) groups excluding carboxylic acids is 1. The van der Waals surface area contributed by atoms with E-state index in [1.807, 2.05) is 13.8 Å². The second-order valence-electron chi connectivity index (χ2n) is 3.33. The van der Waals surface area contributed by atoms with Gasteiger partial charge in [0.25, 0.3) is 0 Å². The van der Waals surface area contributed by atoms with Gasteiger partial charge >= 0.3 is 0 Å². The van der Waals surface area contributed by atoms with E-state index >= 15 is 0 Å². The highest BCUT2D eigenvalue weighted by molar-refractivity contribution is 5.80. The van der Waals surface area contributed by atoms with Crippen molar-refractivity contribution in [3.05, 3.63) is 0 Å². The Balaban J connectivity index is 4.41. The minimum Gasteiger partial charge on any atom is -0.381 e. The summed E-state index contributed by atoms with van der Waals surface area (Å²) < 4.78 is 0. The Hall–Kier alpha value is -0.610. The Morgan fingerprint density at radius 3 is 2.00 bits per heavy atom. The van der Waals surface area contributed by atoms with Crippen molar-refractivity contribution < 1.29 is 9.90 Å². The van der Waals surface area contributed by atoms with Crippen LogP contribution in [0.5, 0.6) is 0 Å². The molecular weight excluding hydrogens is 144 g/mol. The van der Waals surface area contributed by atoms with E-state index in [1.165, 1.54) is 0 Å². The van der Waals surface area contributed by atoms with E-state index in [4.69, 9.17) is 11.5 Å². The molecule has 0 aromatic carbocycles. The second kappa shape index (κ2) is 3.19. The first kappa shape index (κ1) is 10.4. The topological polar surface area (TPSA) is 89.3 Å². The fourth-order valence-electron chi connectivity index (χ4n) is 0.622. The van der Waals surface area contributed by atoms with Gasteiger partial charge in [-0.15, -0.1) is 0 Å². The van der Waals surface area contributed by atoms with Crippen molar-refractivity contribution in [2.45, 2.75) is 32.4 Å². The van der Waals surface area contributed by atoms with E-state index in [-0.39, 0.29) is 5.92 Å². The number of nitrogens with two attached hydrogens (primary N) is 2. The smallest absolute Gasteiger partial charge is 0.248 e. The lowest BCUT2D eigenvalue weighted by Crippen LogP contribution is -2.57. The van der Waals surface area contributed by atoms with Gasteiger partial charge in [0.05, 0.1) is 5.54 Å². The minimum absolute atomic E-state index is 0.00463. The second-order valence-corrected chi connectivity index (χ2v) is 3.33. The SMILES string of the molecule is CC(C)C(C)(N)C(O)C(N)=O. The zero-order chi connectivity index (χ0) is 9.23. The summed E-state index contributed by atoms with van der Waals surface area (Å²) in [7, 11) is 0. The molecule has 0 saturated carbocycles. The number of amides is 1. The lowest BCUT2D eigenvalue weighted by molar-refractivity contribution is -0.130. The van der Waals surface area contributed by atoms with E-state index in [0.717, 1.165) is 0 Å². The van der Waals surface area contributed by atoms with Crippen LogP contribution in [0.1, 0.15) is 20.8 Å². The minimum atomic E-state index is -1.28. The number of rotatable bonds is 3.